The molecule has 0 radical (unpaired) electrons. The van der Waals surface area contributed by atoms with Gasteiger partial charge < -0.3 is 19.9 Å². The minimum atomic E-state index is -0.119. The third-order valence-electron chi connectivity index (χ3n) is 5.84. The Kier molecular flexibility index (Phi) is 7.49. The predicted octanol–water partition coefficient (Wildman–Crippen LogP) is 2.27. The highest BCUT2D eigenvalue weighted by molar-refractivity contribution is 5.94. The minimum absolute atomic E-state index is 0.0145. The molecule has 7 heteroatoms. The van der Waals surface area contributed by atoms with Crippen molar-refractivity contribution in [2.24, 2.45) is 10.9 Å². The van der Waals surface area contributed by atoms with E-state index in [1.165, 1.54) is 13.5 Å². The smallest absolute Gasteiger partial charge is 0.308 e. The van der Waals surface area contributed by atoms with Crippen LogP contribution < -0.4 is 5.32 Å². The molecule has 0 saturated carbocycles. The summed E-state index contributed by atoms with van der Waals surface area (Å²) in [6.45, 7) is 3.93. The van der Waals surface area contributed by atoms with E-state index in [1.54, 1.807) is 7.05 Å². The topological polar surface area (TPSA) is 74.2 Å². The van der Waals surface area contributed by atoms with Crippen molar-refractivity contribution in [3.05, 3.63) is 35.4 Å². The van der Waals surface area contributed by atoms with E-state index in [4.69, 9.17) is 4.74 Å². The zero-order chi connectivity index (χ0) is 20.6. The van der Waals surface area contributed by atoms with Gasteiger partial charge >= 0.3 is 5.97 Å². The predicted molar refractivity (Wildman–Crippen MR) is 113 cm³/mol. The monoisotopic (exact) mass is 400 g/mol. The molecule has 158 valence electrons. The van der Waals surface area contributed by atoms with Gasteiger partial charge in [0.15, 0.2) is 5.96 Å². The maximum atomic E-state index is 12.6. The summed E-state index contributed by atoms with van der Waals surface area (Å²) in [6, 6.07) is 7.83. The highest BCUT2D eigenvalue weighted by Gasteiger charge is 2.27. The van der Waals surface area contributed by atoms with Crippen molar-refractivity contribution < 1.29 is 14.3 Å². The average molecular weight is 401 g/mol. The lowest BCUT2D eigenvalue weighted by Crippen LogP contribution is -2.46. The zero-order valence-corrected chi connectivity index (χ0v) is 17.5. The summed E-state index contributed by atoms with van der Waals surface area (Å²) < 4.78 is 4.85. The lowest BCUT2D eigenvalue weighted by molar-refractivity contribution is -0.146. The Hall–Kier alpha value is -2.57. The highest BCUT2D eigenvalue weighted by Crippen LogP contribution is 2.19. The van der Waals surface area contributed by atoms with Crippen molar-refractivity contribution in [3.63, 3.8) is 0 Å². The molecule has 0 unspecified atom stereocenters. The van der Waals surface area contributed by atoms with Gasteiger partial charge in [-0.2, -0.15) is 0 Å². The second kappa shape index (κ2) is 10.3. The normalized spacial score (nSPS) is 18.5. The number of guanidine groups is 1. The van der Waals surface area contributed by atoms with E-state index in [-0.39, 0.29) is 17.8 Å². The van der Waals surface area contributed by atoms with E-state index in [0.29, 0.717) is 6.54 Å². The van der Waals surface area contributed by atoms with E-state index in [1.807, 2.05) is 29.2 Å². The van der Waals surface area contributed by atoms with E-state index in [9.17, 15) is 9.59 Å². The number of aliphatic imine (C=N–C) groups is 1. The first-order valence-corrected chi connectivity index (χ1v) is 10.5. The summed E-state index contributed by atoms with van der Waals surface area (Å²) in [4.78, 5) is 32.8. The van der Waals surface area contributed by atoms with E-state index < -0.39 is 0 Å². The van der Waals surface area contributed by atoms with Crippen LogP contribution in [0.1, 0.15) is 48.0 Å². The van der Waals surface area contributed by atoms with Crippen molar-refractivity contribution in [1.29, 1.82) is 0 Å². The van der Waals surface area contributed by atoms with Gasteiger partial charge in [0.25, 0.3) is 5.91 Å². The fourth-order valence-electron chi connectivity index (χ4n) is 4.05. The first-order valence-electron chi connectivity index (χ1n) is 10.5. The van der Waals surface area contributed by atoms with Gasteiger partial charge in [-0.15, -0.1) is 0 Å². The number of carbonyl (C=O) groups is 2. The number of rotatable bonds is 4. The van der Waals surface area contributed by atoms with Crippen molar-refractivity contribution in [1.82, 2.24) is 15.1 Å². The van der Waals surface area contributed by atoms with Crippen LogP contribution in [0.4, 0.5) is 0 Å². The highest BCUT2D eigenvalue weighted by atomic mass is 16.5. The van der Waals surface area contributed by atoms with Crippen LogP contribution in [0.5, 0.6) is 0 Å². The SMILES string of the molecule is CN=C(NCc1ccc(C(=O)N2CCCCC2)cc1)N1CCC(C(=O)OC)CC1. The first-order chi connectivity index (χ1) is 14.1. The summed E-state index contributed by atoms with van der Waals surface area (Å²) >= 11 is 0. The standard InChI is InChI=1S/C22H32N4O3/c1-23-22(26-14-10-19(11-15-26)21(28)29-2)24-16-17-6-8-18(9-7-17)20(27)25-12-4-3-5-13-25/h6-9,19H,3-5,10-16H2,1-2H3,(H,23,24). The van der Waals surface area contributed by atoms with Crippen LogP contribution >= 0.6 is 0 Å². The molecule has 7 nitrogen and oxygen atoms in total. The minimum Gasteiger partial charge on any atom is -0.469 e. The van der Waals surface area contributed by atoms with Crippen LogP contribution in [-0.4, -0.2) is 68.0 Å². The van der Waals surface area contributed by atoms with E-state index in [0.717, 1.165) is 68.9 Å². The second-order valence-electron chi connectivity index (χ2n) is 7.74. The number of esters is 1. The number of nitrogens with zero attached hydrogens (tertiary/aromatic N) is 3. The summed E-state index contributed by atoms with van der Waals surface area (Å²) in [6.07, 6.45) is 4.98. The van der Waals surface area contributed by atoms with Crippen LogP contribution in [0.15, 0.2) is 29.3 Å². The van der Waals surface area contributed by atoms with Crippen LogP contribution in [0, 0.1) is 5.92 Å². The van der Waals surface area contributed by atoms with Crippen molar-refractivity contribution >= 4 is 17.8 Å². The molecule has 0 aromatic heterocycles. The quantitative estimate of drug-likeness (QED) is 0.477. The first kappa shape index (κ1) is 21.1. The number of ether oxygens (including phenoxy) is 1. The summed E-state index contributed by atoms with van der Waals surface area (Å²) in [5, 5.41) is 3.39. The van der Waals surface area contributed by atoms with Crippen LogP contribution in [0.2, 0.25) is 0 Å². The van der Waals surface area contributed by atoms with Crippen LogP contribution in [0.3, 0.4) is 0 Å². The zero-order valence-electron chi connectivity index (χ0n) is 17.5. The third-order valence-corrected chi connectivity index (χ3v) is 5.84. The Labute approximate surface area is 173 Å². The van der Waals surface area contributed by atoms with Gasteiger partial charge in [0.2, 0.25) is 0 Å². The molecular formula is C22H32N4O3. The van der Waals surface area contributed by atoms with Gasteiger partial charge in [0.1, 0.15) is 0 Å². The van der Waals surface area contributed by atoms with Crippen LogP contribution in [0.25, 0.3) is 0 Å². The molecule has 2 heterocycles. The molecule has 2 saturated heterocycles. The maximum Gasteiger partial charge on any atom is 0.308 e. The molecule has 2 aliphatic heterocycles. The Morgan fingerprint density at radius 1 is 1.03 bits per heavy atom. The number of likely N-dealkylation sites (tertiary alicyclic amines) is 2. The largest absolute Gasteiger partial charge is 0.469 e. The lowest BCUT2D eigenvalue weighted by Gasteiger charge is -2.33. The summed E-state index contributed by atoms with van der Waals surface area (Å²) in [5.74, 6) is 0.835. The van der Waals surface area contributed by atoms with E-state index in [2.05, 4.69) is 15.2 Å². The maximum absolute atomic E-state index is 12.6. The molecule has 0 spiro atoms. The Morgan fingerprint density at radius 3 is 2.28 bits per heavy atom. The molecule has 1 aromatic carbocycles. The van der Waals surface area contributed by atoms with Gasteiger partial charge in [-0.05, 0) is 49.8 Å². The van der Waals surface area contributed by atoms with Crippen LogP contribution in [-0.2, 0) is 16.1 Å². The number of hydrogen-bond acceptors (Lipinski definition) is 4. The van der Waals surface area contributed by atoms with E-state index >= 15 is 0 Å². The lowest BCUT2D eigenvalue weighted by atomic mass is 9.97. The van der Waals surface area contributed by atoms with Gasteiger partial charge in [-0.1, -0.05) is 12.1 Å². The molecular weight excluding hydrogens is 368 g/mol. The summed E-state index contributed by atoms with van der Waals surface area (Å²) in [7, 11) is 3.22. The van der Waals surface area contributed by atoms with Crippen molar-refractivity contribution in [2.75, 3.05) is 40.3 Å². The molecule has 3 rings (SSSR count). The van der Waals surface area contributed by atoms with Gasteiger partial charge in [0.05, 0.1) is 13.0 Å². The average Bonchev–Trinajstić information content (AvgIpc) is 2.80. The number of benzene rings is 1. The molecule has 2 fully saturated rings. The second-order valence-corrected chi connectivity index (χ2v) is 7.74. The number of piperidine rings is 2. The third kappa shape index (κ3) is 5.49. The molecule has 1 aromatic rings. The fourth-order valence-corrected chi connectivity index (χ4v) is 4.05. The van der Waals surface area contributed by atoms with Gasteiger partial charge in [-0.25, -0.2) is 0 Å². The van der Waals surface area contributed by atoms with Gasteiger partial charge in [0, 0.05) is 45.3 Å². The Morgan fingerprint density at radius 2 is 1.69 bits per heavy atom. The van der Waals surface area contributed by atoms with Gasteiger partial charge in [-0.3, -0.25) is 14.6 Å². The number of hydrogen-bond donors (Lipinski definition) is 1. The molecule has 2 aliphatic rings. The van der Waals surface area contributed by atoms with Crippen molar-refractivity contribution in [2.45, 2.75) is 38.6 Å². The van der Waals surface area contributed by atoms with Crippen molar-refractivity contribution in [3.8, 4) is 0 Å². The molecule has 0 aliphatic carbocycles. The molecule has 0 bridgehead atoms. The number of amides is 1. The molecule has 0 atom stereocenters. The Balaban J connectivity index is 1.50. The summed E-state index contributed by atoms with van der Waals surface area (Å²) in [5.41, 5.74) is 1.86. The number of methoxy groups -OCH3 is 1. The molecule has 1 N–H and O–H groups in total. The molecule has 29 heavy (non-hydrogen) atoms. The molecule has 1 amide bonds. The number of nitrogens with one attached hydrogen (secondary N) is 1. The number of carbonyl (C=O) groups excluding carboxylic acids is 2. The Bertz CT molecular complexity index is 718. The fraction of sp³-hybridized carbons (Fsp3) is 0.591.